The van der Waals surface area contributed by atoms with Gasteiger partial charge in [0.2, 0.25) is 11.8 Å². The number of likely N-dealkylation sites (tertiary alicyclic amines) is 2. The van der Waals surface area contributed by atoms with Crippen LogP contribution < -0.4 is 0 Å². The molecule has 23 heavy (non-hydrogen) atoms. The summed E-state index contributed by atoms with van der Waals surface area (Å²) in [7, 11) is 0. The molecule has 3 aliphatic rings. The second-order valence-corrected chi connectivity index (χ2v) is 7.55. The van der Waals surface area contributed by atoms with E-state index in [9.17, 15) is 9.59 Å². The number of unbranched alkanes of at least 4 members (excludes halogenated alkanes) is 1. The van der Waals surface area contributed by atoms with Crippen LogP contribution in [0.1, 0.15) is 58.3 Å². The predicted molar refractivity (Wildman–Crippen MR) is 87.9 cm³/mol. The first-order chi connectivity index (χ1) is 11.1. The van der Waals surface area contributed by atoms with Gasteiger partial charge in [0.25, 0.3) is 0 Å². The average molecular weight is 322 g/mol. The SMILES string of the molecule is CCCCC(=O)N1CC2(CCC(CN3CCCCC3=O)CO2)C1. The highest BCUT2D eigenvalue weighted by atomic mass is 16.5. The fourth-order valence-corrected chi connectivity index (χ4v) is 3.99. The van der Waals surface area contributed by atoms with Crippen molar-refractivity contribution in [3.05, 3.63) is 0 Å². The van der Waals surface area contributed by atoms with E-state index < -0.39 is 0 Å². The number of hydrogen-bond donors (Lipinski definition) is 0. The minimum Gasteiger partial charge on any atom is -0.371 e. The summed E-state index contributed by atoms with van der Waals surface area (Å²) in [6, 6.07) is 0. The molecule has 5 heteroatoms. The maximum Gasteiger partial charge on any atom is 0.222 e. The van der Waals surface area contributed by atoms with E-state index in [1.165, 1.54) is 0 Å². The molecule has 130 valence electrons. The molecule has 3 saturated heterocycles. The number of carbonyl (C=O) groups is 2. The second kappa shape index (κ2) is 7.20. The van der Waals surface area contributed by atoms with Crippen molar-refractivity contribution in [2.24, 2.45) is 5.92 Å². The molecular formula is C18H30N2O3. The lowest BCUT2D eigenvalue weighted by atomic mass is 9.82. The second-order valence-electron chi connectivity index (χ2n) is 7.55. The van der Waals surface area contributed by atoms with Crippen molar-refractivity contribution in [3.8, 4) is 0 Å². The van der Waals surface area contributed by atoms with Gasteiger partial charge in [-0.15, -0.1) is 0 Å². The van der Waals surface area contributed by atoms with Gasteiger partial charge in [0.15, 0.2) is 0 Å². The van der Waals surface area contributed by atoms with Crippen LogP contribution in [0.25, 0.3) is 0 Å². The summed E-state index contributed by atoms with van der Waals surface area (Å²) in [5, 5.41) is 0. The summed E-state index contributed by atoms with van der Waals surface area (Å²) in [4.78, 5) is 27.9. The Morgan fingerprint density at radius 3 is 2.83 bits per heavy atom. The van der Waals surface area contributed by atoms with Gasteiger partial charge in [-0.1, -0.05) is 13.3 Å². The molecule has 0 bridgehead atoms. The quantitative estimate of drug-likeness (QED) is 0.780. The van der Waals surface area contributed by atoms with Gasteiger partial charge in [-0.2, -0.15) is 0 Å². The van der Waals surface area contributed by atoms with E-state index in [0.29, 0.717) is 24.7 Å². The van der Waals surface area contributed by atoms with Crippen molar-refractivity contribution < 1.29 is 14.3 Å². The van der Waals surface area contributed by atoms with E-state index in [1.54, 1.807) is 0 Å². The Bertz CT molecular complexity index is 436. The number of piperidine rings is 1. The molecule has 3 heterocycles. The van der Waals surface area contributed by atoms with Crippen LogP contribution in [-0.2, 0) is 14.3 Å². The lowest BCUT2D eigenvalue weighted by Gasteiger charge is -2.53. The van der Waals surface area contributed by atoms with Crippen LogP contribution in [0, 0.1) is 5.92 Å². The van der Waals surface area contributed by atoms with Crippen LogP contribution in [-0.4, -0.2) is 60.0 Å². The van der Waals surface area contributed by atoms with Gasteiger partial charge < -0.3 is 14.5 Å². The largest absolute Gasteiger partial charge is 0.371 e. The van der Waals surface area contributed by atoms with Crippen molar-refractivity contribution >= 4 is 11.8 Å². The highest BCUT2D eigenvalue weighted by molar-refractivity contribution is 5.77. The molecule has 0 aromatic heterocycles. The lowest BCUT2D eigenvalue weighted by molar-refractivity contribution is -0.190. The zero-order valence-corrected chi connectivity index (χ0v) is 14.4. The molecular weight excluding hydrogens is 292 g/mol. The maximum atomic E-state index is 12.0. The number of ether oxygens (including phenoxy) is 1. The Morgan fingerprint density at radius 1 is 1.35 bits per heavy atom. The zero-order valence-electron chi connectivity index (χ0n) is 14.4. The summed E-state index contributed by atoms with van der Waals surface area (Å²) in [6.07, 6.45) is 7.75. The molecule has 1 unspecified atom stereocenters. The molecule has 0 aliphatic carbocycles. The number of rotatable bonds is 5. The Labute approximate surface area is 139 Å². The smallest absolute Gasteiger partial charge is 0.222 e. The lowest BCUT2D eigenvalue weighted by Crippen LogP contribution is -2.66. The average Bonchev–Trinajstić information content (AvgIpc) is 2.53. The molecule has 0 saturated carbocycles. The molecule has 3 rings (SSSR count). The summed E-state index contributed by atoms with van der Waals surface area (Å²) in [5.74, 6) is 1.06. The van der Waals surface area contributed by atoms with Gasteiger partial charge in [0, 0.05) is 31.8 Å². The van der Waals surface area contributed by atoms with Crippen molar-refractivity contribution in [1.29, 1.82) is 0 Å². The van der Waals surface area contributed by atoms with E-state index in [-0.39, 0.29) is 11.5 Å². The minimum atomic E-state index is -0.0791. The fraction of sp³-hybridized carbons (Fsp3) is 0.889. The van der Waals surface area contributed by atoms with E-state index >= 15 is 0 Å². The molecule has 3 fully saturated rings. The normalized spacial score (nSPS) is 27.2. The standard InChI is InChI=1S/C18H30N2O3/c1-2-3-6-17(22)20-13-18(14-20)9-8-15(12-23-18)11-19-10-5-4-7-16(19)21/h15H,2-14H2,1H3. The van der Waals surface area contributed by atoms with Crippen LogP contribution in [0.4, 0.5) is 0 Å². The van der Waals surface area contributed by atoms with Crippen LogP contribution in [0.5, 0.6) is 0 Å². The van der Waals surface area contributed by atoms with Crippen molar-refractivity contribution in [2.45, 2.75) is 63.9 Å². The maximum absolute atomic E-state index is 12.0. The number of amides is 2. The summed E-state index contributed by atoms with van der Waals surface area (Å²) in [6.45, 7) is 6.16. The first-order valence-corrected chi connectivity index (χ1v) is 9.31. The summed E-state index contributed by atoms with van der Waals surface area (Å²) < 4.78 is 6.14. The molecule has 2 amide bonds. The third kappa shape index (κ3) is 3.87. The summed E-state index contributed by atoms with van der Waals surface area (Å²) >= 11 is 0. The topological polar surface area (TPSA) is 49.9 Å². The van der Waals surface area contributed by atoms with Crippen LogP contribution in [0.15, 0.2) is 0 Å². The number of carbonyl (C=O) groups excluding carboxylic acids is 2. The predicted octanol–water partition coefficient (Wildman–Crippen LogP) is 2.20. The molecule has 1 spiro atoms. The van der Waals surface area contributed by atoms with E-state index in [2.05, 4.69) is 6.92 Å². The first-order valence-electron chi connectivity index (χ1n) is 9.31. The Kier molecular flexibility index (Phi) is 5.24. The van der Waals surface area contributed by atoms with Crippen molar-refractivity contribution in [3.63, 3.8) is 0 Å². The number of hydrogen-bond acceptors (Lipinski definition) is 3. The van der Waals surface area contributed by atoms with Crippen molar-refractivity contribution in [1.82, 2.24) is 9.80 Å². The molecule has 0 N–H and O–H groups in total. The van der Waals surface area contributed by atoms with Crippen LogP contribution >= 0.6 is 0 Å². The van der Waals surface area contributed by atoms with Crippen LogP contribution in [0.3, 0.4) is 0 Å². The van der Waals surface area contributed by atoms with E-state index in [0.717, 1.165) is 71.3 Å². The Morgan fingerprint density at radius 2 is 2.17 bits per heavy atom. The zero-order chi connectivity index (χ0) is 16.3. The van der Waals surface area contributed by atoms with Gasteiger partial charge in [-0.05, 0) is 32.1 Å². The fourth-order valence-electron chi connectivity index (χ4n) is 3.99. The van der Waals surface area contributed by atoms with Gasteiger partial charge in [-0.25, -0.2) is 0 Å². The van der Waals surface area contributed by atoms with Gasteiger partial charge in [-0.3, -0.25) is 9.59 Å². The molecule has 0 aromatic rings. The first kappa shape index (κ1) is 16.7. The van der Waals surface area contributed by atoms with E-state index in [4.69, 9.17) is 4.74 Å². The van der Waals surface area contributed by atoms with Crippen LogP contribution in [0.2, 0.25) is 0 Å². The third-order valence-electron chi connectivity index (χ3n) is 5.59. The van der Waals surface area contributed by atoms with Gasteiger partial charge >= 0.3 is 0 Å². The Balaban J connectivity index is 1.39. The minimum absolute atomic E-state index is 0.0791. The monoisotopic (exact) mass is 322 g/mol. The van der Waals surface area contributed by atoms with Gasteiger partial charge in [0.05, 0.1) is 19.7 Å². The molecule has 5 nitrogen and oxygen atoms in total. The molecule has 1 atom stereocenters. The van der Waals surface area contributed by atoms with Crippen molar-refractivity contribution in [2.75, 3.05) is 32.8 Å². The van der Waals surface area contributed by atoms with Gasteiger partial charge in [0.1, 0.15) is 5.60 Å². The highest BCUT2D eigenvalue weighted by Crippen LogP contribution is 2.36. The summed E-state index contributed by atoms with van der Waals surface area (Å²) in [5.41, 5.74) is -0.0791. The Hall–Kier alpha value is -1.10. The highest BCUT2D eigenvalue weighted by Gasteiger charge is 2.48. The molecule has 0 radical (unpaired) electrons. The molecule has 3 aliphatic heterocycles. The number of nitrogens with zero attached hydrogens (tertiary/aromatic N) is 2. The third-order valence-corrected chi connectivity index (χ3v) is 5.59. The van der Waals surface area contributed by atoms with E-state index in [1.807, 2.05) is 9.80 Å². The molecule has 0 aromatic carbocycles.